The van der Waals surface area contributed by atoms with Gasteiger partial charge >= 0.3 is 0 Å². The van der Waals surface area contributed by atoms with E-state index in [9.17, 15) is 4.79 Å². The first-order chi connectivity index (χ1) is 15.9. The lowest BCUT2D eigenvalue weighted by Crippen LogP contribution is -2.53. The van der Waals surface area contributed by atoms with Crippen molar-refractivity contribution < 1.29 is 9.63 Å². The molecule has 6 atom stereocenters. The van der Waals surface area contributed by atoms with Crippen molar-refractivity contribution in [3.63, 3.8) is 0 Å². The zero-order valence-corrected chi connectivity index (χ0v) is 20.5. The first-order valence-electron chi connectivity index (χ1n) is 13.2. The number of carbonyl (C=O) groups is 1. The van der Waals surface area contributed by atoms with Crippen molar-refractivity contribution in [2.45, 2.75) is 97.6 Å². The lowest BCUT2D eigenvalue weighted by Gasteiger charge is -2.59. The van der Waals surface area contributed by atoms with Crippen molar-refractivity contribution in [3.8, 4) is 0 Å². The number of hydrogen-bond acceptors (Lipinski definition) is 6. The van der Waals surface area contributed by atoms with E-state index in [0.717, 1.165) is 74.9 Å². The molecule has 0 amide bonds. The van der Waals surface area contributed by atoms with Gasteiger partial charge in [-0.3, -0.25) is 9.48 Å². The summed E-state index contributed by atoms with van der Waals surface area (Å²) in [7, 11) is 0. The number of aryl methyl sites for hydroxylation is 1. The Hall–Kier alpha value is -1.76. The van der Waals surface area contributed by atoms with E-state index in [1.54, 1.807) is 0 Å². The van der Waals surface area contributed by atoms with Gasteiger partial charge in [-0.2, -0.15) is 0 Å². The molecule has 7 heteroatoms. The van der Waals surface area contributed by atoms with E-state index in [-0.39, 0.29) is 5.41 Å². The Morgan fingerprint density at radius 2 is 2.03 bits per heavy atom. The zero-order valence-electron chi connectivity index (χ0n) is 20.5. The fourth-order valence-corrected chi connectivity index (χ4v) is 8.03. The summed E-state index contributed by atoms with van der Waals surface area (Å²) in [6, 6.07) is 0. The highest BCUT2D eigenvalue weighted by molar-refractivity contribution is 5.87. The smallest absolute Gasteiger partial charge is 0.139 e. The number of rotatable bonds is 7. The maximum Gasteiger partial charge on any atom is 0.139 e. The van der Waals surface area contributed by atoms with E-state index in [1.165, 1.54) is 31.4 Å². The average Bonchev–Trinajstić information content (AvgIpc) is 3.40. The molecule has 1 aromatic heterocycles. The van der Waals surface area contributed by atoms with Gasteiger partial charge in [-0.05, 0) is 93.3 Å². The van der Waals surface area contributed by atoms with Gasteiger partial charge in [0.15, 0.2) is 0 Å². The number of fused-ring (bicyclic) bond motifs is 5. The fourth-order valence-electron chi connectivity index (χ4n) is 8.03. The molecule has 1 heterocycles. The van der Waals surface area contributed by atoms with Crippen molar-refractivity contribution in [2.24, 2.45) is 45.4 Å². The van der Waals surface area contributed by atoms with Crippen LogP contribution < -0.4 is 5.73 Å². The Balaban J connectivity index is 1.11. The maximum absolute atomic E-state index is 12.6. The zero-order chi connectivity index (χ0) is 23.1. The molecule has 4 aliphatic carbocycles. The number of hydrogen-bond donors (Lipinski definition) is 1. The topological polar surface area (TPSA) is 95.4 Å². The first-order valence-corrected chi connectivity index (χ1v) is 13.2. The number of carbonyl (C=O) groups excluding carboxylic acids is 1. The molecule has 0 spiro atoms. The molecular formula is C26H41N5O2. The third-order valence-corrected chi connectivity index (χ3v) is 10.1. The van der Waals surface area contributed by atoms with Crippen LogP contribution in [0.2, 0.25) is 0 Å². The molecule has 7 nitrogen and oxygen atoms in total. The van der Waals surface area contributed by atoms with Gasteiger partial charge in [0.25, 0.3) is 0 Å². The maximum atomic E-state index is 12.6. The second kappa shape index (κ2) is 9.12. The van der Waals surface area contributed by atoms with Crippen LogP contribution in [0.1, 0.15) is 90.2 Å². The monoisotopic (exact) mass is 455 g/mol. The van der Waals surface area contributed by atoms with Gasteiger partial charge in [0, 0.05) is 31.1 Å². The normalized spacial score (nSPS) is 39.2. The van der Waals surface area contributed by atoms with Gasteiger partial charge in [-0.15, -0.1) is 5.10 Å². The van der Waals surface area contributed by atoms with E-state index in [4.69, 9.17) is 10.6 Å². The second-order valence-electron chi connectivity index (χ2n) is 11.7. The molecule has 182 valence electrons. The molecule has 4 unspecified atom stereocenters. The highest BCUT2D eigenvalue weighted by Gasteiger charge is 2.60. The molecule has 1 aromatic rings. The first kappa shape index (κ1) is 23.0. The lowest BCUT2D eigenvalue weighted by molar-refractivity contribution is -0.137. The number of nitrogens with zero attached hydrogens (tertiary/aromatic N) is 4. The Kier molecular flexibility index (Phi) is 6.36. The Labute approximate surface area is 197 Å². The minimum Gasteiger partial charge on any atom is -0.396 e. The van der Waals surface area contributed by atoms with Crippen LogP contribution in [0.5, 0.6) is 0 Å². The molecule has 0 aromatic carbocycles. The summed E-state index contributed by atoms with van der Waals surface area (Å²) in [6.07, 6.45) is 14.2. The molecule has 0 aliphatic heterocycles. The Morgan fingerprint density at radius 3 is 2.85 bits per heavy atom. The van der Waals surface area contributed by atoms with Crippen LogP contribution in [0.15, 0.2) is 11.4 Å². The molecule has 2 N–H and O–H groups in total. The summed E-state index contributed by atoms with van der Waals surface area (Å²) in [5.74, 6) is 3.46. The van der Waals surface area contributed by atoms with Gasteiger partial charge in [0.2, 0.25) is 0 Å². The third kappa shape index (κ3) is 4.15. The molecule has 4 fully saturated rings. The third-order valence-electron chi connectivity index (χ3n) is 10.1. The van der Waals surface area contributed by atoms with Gasteiger partial charge in [-0.1, -0.05) is 24.2 Å². The minimum atomic E-state index is -0.0138. The molecular weight excluding hydrogens is 414 g/mol. The van der Waals surface area contributed by atoms with Crippen molar-refractivity contribution in [1.82, 2.24) is 15.0 Å². The number of Topliss-reactive ketones (excluding diaryl/α,β-unsaturated/α-hetero) is 1. The molecule has 5 rings (SSSR count). The summed E-state index contributed by atoms with van der Waals surface area (Å²) in [5, 5.41) is 12.7. The van der Waals surface area contributed by atoms with Crippen molar-refractivity contribution in [2.75, 3.05) is 6.61 Å². The number of nitrogens with two attached hydrogens (primary N) is 1. The highest BCUT2D eigenvalue weighted by Crippen LogP contribution is 2.65. The van der Waals surface area contributed by atoms with Crippen LogP contribution in [0, 0.1) is 34.5 Å². The van der Waals surface area contributed by atoms with Gasteiger partial charge in [-0.25, -0.2) is 0 Å². The van der Waals surface area contributed by atoms with E-state index < -0.39 is 0 Å². The average molecular weight is 456 g/mol. The molecule has 4 aliphatic rings. The van der Waals surface area contributed by atoms with Crippen LogP contribution in [0.25, 0.3) is 0 Å². The SMILES string of the molecule is C[C@]12CC/C(=N/OCCCCn3cc(CN)nn3)CC1CCC1C2CC[C@]2(C)C(=O)CCC12. The summed E-state index contributed by atoms with van der Waals surface area (Å²) in [5.41, 5.74) is 8.06. The van der Waals surface area contributed by atoms with Crippen LogP contribution in [0.3, 0.4) is 0 Å². The van der Waals surface area contributed by atoms with E-state index in [0.29, 0.717) is 30.3 Å². The molecule has 0 radical (unpaired) electrons. The summed E-state index contributed by atoms with van der Waals surface area (Å²) >= 11 is 0. The van der Waals surface area contributed by atoms with Crippen molar-refractivity contribution in [1.29, 1.82) is 0 Å². The van der Waals surface area contributed by atoms with E-state index in [1.807, 2.05) is 10.9 Å². The number of ketones is 1. The van der Waals surface area contributed by atoms with Crippen LogP contribution in [-0.2, 0) is 22.7 Å². The number of aromatic nitrogens is 3. The van der Waals surface area contributed by atoms with Crippen molar-refractivity contribution >= 4 is 11.5 Å². The van der Waals surface area contributed by atoms with Gasteiger partial charge in [0.05, 0.1) is 11.4 Å². The number of oxime groups is 1. The van der Waals surface area contributed by atoms with Gasteiger partial charge in [0.1, 0.15) is 12.4 Å². The summed E-state index contributed by atoms with van der Waals surface area (Å²) in [4.78, 5) is 18.3. The summed E-state index contributed by atoms with van der Waals surface area (Å²) < 4.78 is 1.85. The lowest BCUT2D eigenvalue weighted by atomic mass is 9.45. The minimum absolute atomic E-state index is 0.0138. The number of unbranched alkanes of at least 4 members (excludes halogenated alkanes) is 1. The van der Waals surface area contributed by atoms with Crippen LogP contribution in [-0.4, -0.2) is 33.1 Å². The predicted octanol–water partition coefficient (Wildman–Crippen LogP) is 4.50. The fraction of sp³-hybridized carbons (Fsp3) is 0.846. The van der Waals surface area contributed by atoms with Gasteiger partial charge < -0.3 is 10.6 Å². The molecule has 4 saturated carbocycles. The van der Waals surface area contributed by atoms with E-state index in [2.05, 4.69) is 29.3 Å². The van der Waals surface area contributed by atoms with Crippen LogP contribution >= 0.6 is 0 Å². The van der Waals surface area contributed by atoms with E-state index >= 15 is 0 Å². The predicted molar refractivity (Wildman–Crippen MR) is 127 cm³/mol. The standard InChI is InChI=1S/C26H41N5O2/c1-25-11-9-19(29-33-14-4-3-13-31-17-20(16-27)28-30-31)15-18(25)5-6-21-22-7-8-24(32)26(22,2)12-10-23(21)25/h17-18,21-23H,3-16,27H2,1-2H3/b29-19-/t18?,21?,22?,23?,25-,26-/m0/s1. The highest BCUT2D eigenvalue weighted by atomic mass is 16.6. The summed E-state index contributed by atoms with van der Waals surface area (Å²) in [6.45, 7) is 6.77. The Morgan fingerprint density at radius 1 is 1.15 bits per heavy atom. The van der Waals surface area contributed by atoms with Crippen molar-refractivity contribution in [3.05, 3.63) is 11.9 Å². The molecule has 0 bridgehead atoms. The molecule has 33 heavy (non-hydrogen) atoms. The Bertz CT molecular complexity index is 897. The largest absolute Gasteiger partial charge is 0.396 e. The van der Waals surface area contributed by atoms with Crippen LogP contribution in [0.4, 0.5) is 0 Å². The quantitative estimate of drug-likeness (QED) is 0.482. The second-order valence-corrected chi connectivity index (χ2v) is 11.7. The molecule has 0 saturated heterocycles.